The quantitative estimate of drug-likeness (QED) is 0.747. The third-order valence-electron chi connectivity index (χ3n) is 4.85. The fourth-order valence-corrected chi connectivity index (χ4v) is 3.72. The number of halogens is 1. The second-order valence-corrected chi connectivity index (χ2v) is 7.33. The van der Waals surface area contributed by atoms with Crippen LogP contribution >= 0.6 is 15.9 Å². The number of unbranched alkanes of at least 4 members (excludes halogenated alkanes) is 1. The minimum Gasteiger partial charge on any atom is -0.327 e. The van der Waals surface area contributed by atoms with Crippen molar-refractivity contribution in [2.75, 3.05) is 0 Å². The van der Waals surface area contributed by atoms with Crippen LogP contribution in [0.5, 0.6) is 0 Å². The lowest BCUT2D eigenvalue weighted by Gasteiger charge is -2.32. The summed E-state index contributed by atoms with van der Waals surface area (Å²) in [5.74, 6) is 1.71. The fraction of sp³-hybridized carbons (Fsp3) is 0.667. The Labute approximate surface area is 132 Å². The van der Waals surface area contributed by atoms with E-state index >= 15 is 0 Å². The van der Waals surface area contributed by atoms with E-state index in [1.807, 2.05) is 0 Å². The van der Waals surface area contributed by atoms with E-state index in [2.05, 4.69) is 47.1 Å². The van der Waals surface area contributed by atoms with Gasteiger partial charge in [-0.15, -0.1) is 0 Å². The van der Waals surface area contributed by atoms with Crippen molar-refractivity contribution in [2.45, 2.75) is 64.3 Å². The molecule has 0 spiro atoms. The van der Waals surface area contributed by atoms with Crippen molar-refractivity contribution in [2.24, 2.45) is 17.6 Å². The highest BCUT2D eigenvalue weighted by Crippen LogP contribution is 2.33. The zero-order valence-corrected chi connectivity index (χ0v) is 14.2. The normalized spacial score (nSPS) is 24.6. The third kappa shape index (κ3) is 4.89. The van der Waals surface area contributed by atoms with Crippen LogP contribution in [0.4, 0.5) is 0 Å². The summed E-state index contributed by atoms with van der Waals surface area (Å²) in [7, 11) is 0. The van der Waals surface area contributed by atoms with Crippen LogP contribution in [-0.2, 0) is 6.42 Å². The Hall–Kier alpha value is -0.340. The van der Waals surface area contributed by atoms with Crippen LogP contribution < -0.4 is 5.73 Å². The van der Waals surface area contributed by atoms with Gasteiger partial charge in [-0.05, 0) is 48.8 Å². The van der Waals surface area contributed by atoms with Gasteiger partial charge in [0.15, 0.2) is 0 Å². The van der Waals surface area contributed by atoms with Crippen LogP contribution in [0.2, 0.25) is 0 Å². The first-order valence-corrected chi connectivity index (χ1v) is 8.98. The molecule has 0 bridgehead atoms. The summed E-state index contributed by atoms with van der Waals surface area (Å²) < 4.78 is 1.14. The Morgan fingerprint density at radius 3 is 2.40 bits per heavy atom. The number of hydrogen-bond donors (Lipinski definition) is 1. The largest absolute Gasteiger partial charge is 0.327 e. The van der Waals surface area contributed by atoms with Gasteiger partial charge >= 0.3 is 0 Å². The Morgan fingerprint density at radius 1 is 1.15 bits per heavy atom. The summed E-state index contributed by atoms with van der Waals surface area (Å²) in [5, 5.41) is 0. The molecule has 2 heteroatoms. The minimum atomic E-state index is 0.336. The summed E-state index contributed by atoms with van der Waals surface area (Å²) in [6.07, 6.45) is 10.7. The van der Waals surface area contributed by atoms with Crippen molar-refractivity contribution in [1.29, 1.82) is 0 Å². The lowest BCUT2D eigenvalue weighted by Crippen LogP contribution is -2.34. The molecule has 1 aliphatic rings. The Morgan fingerprint density at radius 2 is 1.80 bits per heavy atom. The molecule has 2 rings (SSSR count). The average molecular weight is 338 g/mol. The van der Waals surface area contributed by atoms with Crippen molar-refractivity contribution < 1.29 is 0 Å². The maximum atomic E-state index is 6.45. The summed E-state index contributed by atoms with van der Waals surface area (Å²) in [6.45, 7) is 2.29. The first-order chi connectivity index (χ1) is 9.69. The molecule has 20 heavy (non-hydrogen) atoms. The first kappa shape index (κ1) is 16.0. The van der Waals surface area contributed by atoms with E-state index in [0.29, 0.717) is 6.04 Å². The first-order valence-electron chi connectivity index (χ1n) is 8.19. The van der Waals surface area contributed by atoms with E-state index in [1.165, 1.54) is 50.5 Å². The molecule has 1 aromatic rings. The number of rotatable bonds is 6. The zero-order valence-electron chi connectivity index (χ0n) is 12.7. The van der Waals surface area contributed by atoms with Gasteiger partial charge in [0.05, 0.1) is 0 Å². The third-order valence-corrected chi connectivity index (χ3v) is 5.38. The van der Waals surface area contributed by atoms with Crippen molar-refractivity contribution in [1.82, 2.24) is 0 Å². The van der Waals surface area contributed by atoms with E-state index in [4.69, 9.17) is 5.73 Å². The predicted octanol–water partition coefficient (Wildman–Crippen LogP) is 5.32. The molecule has 1 unspecified atom stereocenters. The molecule has 0 aromatic heterocycles. The van der Waals surface area contributed by atoms with Gasteiger partial charge in [-0.3, -0.25) is 0 Å². The SMILES string of the molecule is CCCCC1CCC(C(N)Cc2ccc(Br)cc2)CC1. The number of benzene rings is 1. The molecule has 1 aliphatic carbocycles. The summed E-state index contributed by atoms with van der Waals surface area (Å²) >= 11 is 3.48. The highest BCUT2D eigenvalue weighted by molar-refractivity contribution is 9.10. The minimum absolute atomic E-state index is 0.336. The van der Waals surface area contributed by atoms with Gasteiger partial charge in [0, 0.05) is 10.5 Å². The predicted molar refractivity (Wildman–Crippen MR) is 90.8 cm³/mol. The monoisotopic (exact) mass is 337 g/mol. The van der Waals surface area contributed by atoms with E-state index in [1.54, 1.807) is 0 Å². The molecule has 0 heterocycles. The van der Waals surface area contributed by atoms with E-state index < -0.39 is 0 Å². The van der Waals surface area contributed by atoms with Crippen LogP contribution in [0.25, 0.3) is 0 Å². The van der Waals surface area contributed by atoms with E-state index in [0.717, 1.165) is 22.7 Å². The maximum Gasteiger partial charge on any atom is 0.0175 e. The maximum absolute atomic E-state index is 6.45. The van der Waals surface area contributed by atoms with Gasteiger partial charge in [0.1, 0.15) is 0 Å². The van der Waals surface area contributed by atoms with E-state index in [9.17, 15) is 0 Å². The molecule has 2 N–H and O–H groups in total. The standard InChI is InChI=1S/C18H28BrN/c1-2-3-4-14-5-9-16(10-6-14)18(20)13-15-7-11-17(19)12-8-15/h7-8,11-12,14,16,18H,2-6,9-10,13,20H2,1H3. The second kappa shape index (κ2) is 8.19. The van der Waals surface area contributed by atoms with Gasteiger partial charge in [0.2, 0.25) is 0 Å². The van der Waals surface area contributed by atoms with Crippen molar-refractivity contribution in [3.05, 3.63) is 34.3 Å². The van der Waals surface area contributed by atoms with Crippen LogP contribution in [0.1, 0.15) is 57.4 Å². The Balaban J connectivity index is 1.76. The molecule has 0 radical (unpaired) electrons. The van der Waals surface area contributed by atoms with Crippen LogP contribution in [0, 0.1) is 11.8 Å². The molecular weight excluding hydrogens is 310 g/mol. The van der Waals surface area contributed by atoms with Crippen molar-refractivity contribution in [3.8, 4) is 0 Å². The molecule has 112 valence electrons. The van der Waals surface area contributed by atoms with Gasteiger partial charge in [-0.25, -0.2) is 0 Å². The topological polar surface area (TPSA) is 26.0 Å². The second-order valence-electron chi connectivity index (χ2n) is 6.42. The van der Waals surface area contributed by atoms with Gasteiger partial charge in [0.25, 0.3) is 0 Å². The molecule has 0 saturated heterocycles. The van der Waals surface area contributed by atoms with Crippen molar-refractivity contribution in [3.63, 3.8) is 0 Å². The molecular formula is C18H28BrN. The molecule has 1 aromatic carbocycles. The Kier molecular flexibility index (Phi) is 6.57. The van der Waals surface area contributed by atoms with Gasteiger partial charge < -0.3 is 5.73 Å². The molecule has 1 fully saturated rings. The number of hydrogen-bond acceptors (Lipinski definition) is 1. The fourth-order valence-electron chi connectivity index (χ4n) is 3.46. The van der Waals surface area contributed by atoms with E-state index in [-0.39, 0.29) is 0 Å². The molecule has 1 atom stereocenters. The molecule has 0 amide bonds. The molecule has 0 aliphatic heterocycles. The zero-order chi connectivity index (χ0) is 14.4. The van der Waals surface area contributed by atoms with Gasteiger partial charge in [-0.2, -0.15) is 0 Å². The summed E-state index contributed by atoms with van der Waals surface area (Å²) in [4.78, 5) is 0. The highest BCUT2D eigenvalue weighted by Gasteiger charge is 2.25. The van der Waals surface area contributed by atoms with Gasteiger partial charge in [-0.1, -0.05) is 67.1 Å². The summed E-state index contributed by atoms with van der Waals surface area (Å²) in [5.41, 5.74) is 7.82. The average Bonchev–Trinajstić information content (AvgIpc) is 2.48. The molecule has 1 nitrogen and oxygen atoms in total. The smallest absolute Gasteiger partial charge is 0.0175 e. The van der Waals surface area contributed by atoms with Crippen molar-refractivity contribution >= 4 is 15.9 Å². The Bertz CT molecular complexity index is 379. The van der Waals surface area contributed by atoms with Crippen LogP contribution in [0.15, 0.2) is 28.7 Å². The lowest BCUT2D eigenvalue weighted by molar-refractivity contribution is 0.231. The summed E-state index contributed by atoms with van der Waals surface area (Å²) in [6, 6.07) is 8.95. The highest BCUT2D eigenvalue weighted by atomic mass is 79.9. The number of nitrogens with two attached hydrogens (primary N) is 1. The molecule has 1 saturated carbocycles. The lowest BCUT2D eigenvalue weighted by atomic mass is 9.76. The van der Waals surface area contributed by atoms with Crippen LogP contribution in [0.3, 0.4) is 0 Å². The van der Waals surface area contributed by atoms with Crippen LogP contribution in [-0.4, -0.2) is 6.04 Å².